The van der Waals surface area contributed by atoms with Crippen LogP contribution in [0.3, 0.4) is 0 Å². The number of amides is 1. The zero-order valence-corrected chi connectivity index (χ0v) is 11.7. The first-order valence-corrected chi connectivity index (χ1v) is 6.85. The van der Waals surface area contributed by atoms with E-state index < -0.39 is 11.5 Å². The van der Waals surface area contributed by atoms with Crippen molar-refractivity contribution in [2.24, 2.45) is 5.92 Å². The van der Waals surface area contributed by atoms with Crippen LogP contribution in [0.5, 0.6) is 0 Å². The number of carboxylic acids is 1. The summed E-state index contributed by atoms with van der Waals surface area (Å²) in [5.41, 5.74) is -1.12. The summed E-state index contributed by atoms with van der Waals surface area (Å²) in [5.74, 6) is -0.569. The number of aliphatic carboxylic acids is 1. The van der Waals surface area contributed by atoms with Crippen molar-refractivity contribution in [2.45, 2.75) is 64.3 Å². The van der Waals surface area contributed by atoms with E-state index in [4.69, 9.17) is 5.11 Å². The lowest BCUT2D eigenvalue weighted by atomic mass is 9.94. The fourth-order valence-corrected chi connectivity index (χ4v) is 2.41. The minimum Gasteiger partial charge on any atom is -0.480 e. The smallest absolute Gasteiger partial charge is 0.329 e. The van der Waals surface area contributed by atoms with E-state index in [0.29, 0.717) is 12.3 Å². The molecule has 1 saturated carbocycles. The molecule has 0 aliphatic heterocycles. The second-order valence-corrected chi connectivity index (χ2v) is 5.88. The summed E-state index contributed by atoms with van der Waals surface area (Å²) in [7, 11) is 1.59. The third kappa shape index (κ3) is 3.72. The second kappa shape index (κ2) is 6.21. The molecule has 0 radical (unpaired) electrons. The minimum absolute atomic E-state index is 0.0469. The van der Waals surface area contributed by atoms with Gasteiger partial charge in [-0.1, -0.05) is 25.7 Å². The van der Waals surface area contributed by atoms with Gasteiger partial charge >= 0.3 is 5.97 Å². The normalized spacial score (nSPS) is 18.2. The first kappa shape index (κ1) is 15.0. The van der Waals surface area contributed by atoms with Crippen molar-refractivity contribution in [3.63, 3.8) is 0 Å². The Morgan fingerprint density at radius 2 is 1.67 bits per heavy atom. The number of carboxylic acid groups (broad SMARTS) is 1. The van der Waals surface area contributed by atoms with Gasteiger partial charge in [0.25, 0.3) is 0 Å². The van der Waals surface area contributed by atoms with Crippen molar-refractivity contribution in [3.05, 3.63) is 0 Å². The van der Waals surface area contributed by atoms with Crippen LogP contribution < -0.4 is 0 Å². The van der Waals surface area contributed by atoms with E-state index in [2.05, 4.69) is 0 Å². The molecular weight excluding hydrogens is 230 g/mol. The summed E-state index contributed by atoms with van der Waals surface area (Å²) in [6.07, 6.45) is 7.63. The van der Waals surface area contributed by atoms with Gasteiger partial charge in [-0.05, 0) is 32.6 Å². The Morgan fingerprint density at radius 3 is 2.11 bits per heavy atom. The zero-order chi connectivity index (χ0) is 13.8. The molecule has 0 atom stereocenters. The molecule has 4 nitrogen and oxygen atoms in total. The molecule has 0 bridgehead atoms. The van der Waals surface area contributed by atoms with Gasteiger partial charge in [0.15, 0.2) is 0 Å². The number of hydrogen-bond acceptors (Lipinski definition) is 2. The van der Waals surface area contributed by atoms with Gasteiger partial charge in [-0.25, -0.2) is 4.79 Å². The van der Waals surface area contributed by atoms with Gasteiger partial charge < -0.3 is 10.0 Å². The number of likely N-dealkylation sites (N-methyl/N-ethyl adjacent to an activating group) is 1. The monoisotopic (exact) mass is 255 g/mol. The van der Waals surface area contributed by atoms with Crippen molar-refractivity contribution in [1.29, 1.82) is 0 Å². The Balaban J connectivity index is 2.56. The van der Waals surface area contributed by atoms with E-state index in [1.165, 1.54) is 30.6 Å². The third-order valence-corrected chi connectivity index (χ3v) is 4.17. The standard InChI is InChI=1S/C14H25NO3/c1-14(2,13(17)18)15(3)12(16)10-11-8-6-4-5-7-9-11/h11H,4-10H2,1-3H3,(H,17,18). The molecule has 104 valence electrons. The predicted molar refractivity (Wildman–Crippen MR) is 70.3 cm³/mol. The van der Waals surface area contributed by atoms with Gasteiger partial charge in [-0.3, -0.25) is 4.79 Å². The molecule has 1 fully saturated rings. The van der Waals surface area contributed by atoms with E-state index in [-0.39, 0.29) is 5.91 Å². The zero-order valence-electron chi connectivity index (χ0n) is 11.7. The molecule has 0 aromatic rings. The molecule has 1 aliphatic carbocycles. The van der Waals surface area contributed by atoms with E-state index in [0.717, 1.165) is 12.8 Å². The highest BCUT2D eigenvalue weighted by molar-refractivity contribution is 5.86. The van der Waals surface area contributed by atoms with Gasteiger partial charge in [0.2, 0.25) is 5.91 Å². The van der Waals surface area contributed by atoms with Gasteiger partial charge in [0.1, 0.15) is 5.54 Å². The van der Waals surface area contributed by atoms with Crippen molar-refractivity contribution < 1.29 is 14.7 Å². The molecule has 1 amide bonds. The predicted octanol–water partition coefficient (Wildman–Crippen LogP) is 2.67. The third-order valence-electron chi connectivity index (χ3n) is 4.17. The van der Waals surface area contributed by atoms with Crippen molar-refractivity contribution in [3.8, 4) is 0 Å². The van der Waals surface area contributed by atoms with Gasteiger partial charge in [-0.15, -0.1) is 0 Å². The molecule has 1 N–H and O–H groups in total. The number of nitrogens with zero attached hydrogens (tertiary/aromatic N) is 1. The summed E-state index contributed by atoms with van der Waals surface area (Å²) >= 11 is 0. The van der Waals surface area contributed by atoms with Crippen LogP contribution in [-0.2, 0) is 9.59 Å². The lowest BCUT2D eigenvalue weighted by Gasteiger charge is -2.32. The number of carbonyl (C=O) groups is 2. The Kier molecular flexibility index (Phi) is 5.17. The molecule has 0 spiro atoms. The molecular formula is C14H25NO3. The summed E-state index contributed by atoms with van der Waals surface area (Å²) in [6.45, 7) is 3.14. The number of carbonyl (C=O) groups excluding carboxylic acids is 1. The van der Waals surface area contributed by atoms with Crippen LogP contribution in [0.25, 0.3) is 0 Å². The van der Waals surface area contributed by atoms with Crippen LogP contribution in [-0.4, -0.2) is 34.5 Å². The van der Waals surface area contributed by atoms with Crippen LogP contribution in [0.15, 0.2) is 0 Å². The first-order chi connectivity index (χ1) is 8.35. The van der Waals surface area contributed by atoms with Gasteiger partial charge in [-0.2, -0.15) is 0 Å². The van der Waals surface area contributed by atoms with E-state index >= 15 is 0 Å². The molecule has 0 saturated heterocycles. The average Bonchev–Trinajstić information content (AvgIpc) is 2.56. The van der Waals surface area contributed by atoms with Crippen LogP contribution in [0, 0.1) is 5.92 Å². The van der Waals surface area contributed by atoms with E-state index in [1.807, 2.05) is 0 Å². The Morgan fingerprint density at radius 1 is 1.17 bits per heavy atom. The van der Waals surface area contributed by atoms with E-state index in [1.54, 1.807) is 20.9 Å². The van der Waals surface area contributed by atoms with Crippen LogP contribution in [0.2, 0.25) is 0 Å². The summed E-state index contributed by atoms with van der Waals surface area (Å²) in [5, 5.41) is 9.12. The van der Waals surface area contributed by atoms with Crippen LogP contribution in [0.4, 0.5) is 0 Å². The Bertz CT molecular complexity index is 304. The topological polar surface area (TPSA) is 57.6 Å². The van der Waals surface area contributed by atoms with Crippen molar-refractivity contribution in [2.75, 3.05) is 7.05 Å². The fourth-order valence-electron chi connectivity index (χ4n) is 2.41. The molecule has 4 heteroatoms. The van der Waals surface area contributed by atoms with Crippen molar-refractivity contribution >= 4 is 11.9 Å². The number of hydrogen-bond donors (Lipinski definition) is 1. The largest absolute Gasteiger partial charge is 0.480 e. The molecule has 0 heterocycles. The lowest BCUT2D eigenvalue weighted by molar-refractivity contribution is -0.155. The Labute approximate surface area is 109 Å². The molecule has 18 heavy (non-hydrogen) atoms. The molecule has 1 aliphatic rings. The summed E-state index contributed by atoms with van der Waals surface area (Å²) in [4.78, 5) is 24.6. The lowest BCUT2D eigenvalue weighted by Crippen LogP contribution is -2.51. The van der Waals surface area contributed by atoms with Crippen molar-refractivity contribution in [1.82, 2.24) is 4.90 Å². The summed E-state index contributed by atoms with van der Waals surface area (Å²) < 4.78 is 0. The SMILES string of the molecule is CN(C(=O)CC1CCCCCC1)C(C)(C)C(=O)O. The maximum atomic E-state index is 12.1. The quantitative estimate of drug-likeness (QED) is 0.786. The maximum Gasteiger partial charge on any atom is 0.329 e. The molecule has 0 aromatic heterocycles. The highest BCUT2D eigenvalue weighted by Crippen LogP contribution is 2.27. The molecule has 1 rings (SSSR count). The molecule has 0 aromatic carbocycles. The first-order valence-electron chi connectivity index (χ1n) is 6.85. The Hall–Kier alpha value is -1.06. The molecule has 0 unspecified atom stereocenters. The van der Waals surface area contributed by atoms with E-state index in [9.17, 15) is 9.59 Å². The average molecular weight is 255 g/mol. The van der Waals surface area contributed by atoms with Gasteiger partial charge in [0.05, 0.1) is 0 Å². The second-order valence-electron chi connectivity index (χ2n) is 5.88. The highest BCUT2D eigenvalue weighted by Gasteiger charge is 2.35. The van der Waals surface area contributed by atoms with Gasteiger partial charge in [0, 0.05) is 13.5 Å². The minimum atomic E-state index is -1.12. The maximum absolute atomic E-state index is 12.1. The number of rotatable bonds is 4. The fraction of sp³-hybridized carbons (Fsp3) is 0.857. The van der Waals surface area contributed by atoms with Crippen LogP contribution in [0.1, 0.15) is 58.8 Å². The van der Waals surface area contributed by atoms with Crippen LogP contribution >= 0.6 is 0 Å². The highest BCUT2D eigenvalue weighted by atomic mass is 16.4. The summed E-state index contributed by atoms with van der Waals surface area (Å²) in [6, 6.07) is 0.